The molecule has 0 amide bonds. The third kappa shape index (κ3) is 2.08. The Bertz CT molecular complexity index is 746. The first-order valence-electron chi connectivity index (χ1n) is 6.64. The first-order valence-corrected chi connectivity index (χ1v) is 6.64. The molecule has 0 spiro atoms. The van der Waals surface area contributed by atoms with E-state index in [0.29, 0.717) is 0 Å². The molecule has 4 heteroatoms. The molecule has 3 rings (SSSR count). The quantitative estimate of drug-likeness (QED) is 0.793. The van der Waals surface area contributed by atoms with E-state index in [9.17, 15) is 5.11 Å². The van der Waals surface area contributed by atoms with Crippen LogP contribution in [0.5, 0.6) is 0 Å². The molecule has 102 valence electrons. The van der Waals surface area contributed by atoms with Crippen LogP contribution in [0.3, 0.4) is 0 Å². The zero-order valence-corrected chi connectivity index (χ0v) is 11.6. The second-order valence-corrected chi connectivity index (χ2v) is 5.58. The molecular formula is C16H17N3O. The Morgan fingerprint density at radius 1 is 1.10 bits per heavy atom. The van der Waals surface area contributed by atoms with Crippen molar-refractivity contribution in [3.8, 4) is 5.69 Å². The Labute approximate surface area is 117 Å². The van der Waals surface area contributed by atoms with Gasteiger partial charge in [-0.2, -0.15) is 0 Å². The number of hydrogen-bond donors (Lipinski definition) is 1. The molecule has 0 aliphatic carbocycles. The van der Waals surface area contributed by atoms with Crippen LogP contribution in [0, 0.1) is 0 Å². The molecule has 0 aliphatic rings. The van der Waals surface area contributed by atoms with Gasteiger partial charge in [0, 0.05) is 5.41 Å². The highest BCUT2D eigenvalue weighted by Gasteiger charge is 2.20. The van der Waals surface area contributed by atoms with Crippen LogP contribution in [-0.4, -0.2) is 26.7 Å². The van der Waals surface area contributed by atoms with Gasteiger partial charge in [-0.15, -0.1) is 5.10 Å². The average Bonchev–Trinajstić information content (AvgIpc) is 2.91. The Morgan fingerprint density at radius 2 is 1.90 bits per heavy atom. The van der Waals surface area contributed by atoms with Gasteiger partial charge in [-0.25, -0.2) is 4.68 Å². The van der Waals surface area contributed by atoms with Crippen molar-refractivity contribution in [3.05, 3.63) is 54.1 Å². The fraction of sp³-hybridized carbons (Fsp3) is 0.250. The number of aliphatic hydroxyl groups is 1. The van der Waals surface area contributed by atoms with Crippen LogP contribution in [0.25, 0.3) is 16.7 Å². The number of hydrogen-bond acceptors (Lipinski definition) is 3. The van der Waals surface area contributed by atoms with Gasteiger partial charge in [-0.05, 0) is 29.8 Å². The topological polar surface area (TPSA) is 50.9 Å². The highest BCUT2D eigenvalue weighted by molar-refractivity contribution is 5.75. The van der Waals surface area contributed by atoms with Crippen molar-refractivity contribution in [3.63, 3.8) is 0 Å². The van der Waals surface area contributed by atoms with Gasteiger partial charge in [0.2, 0.25) is 0 Å². The molecule has 0 unspecified atom stereocenters. The van der Waals surface area contributed by atoms with Crippen molar-refractivity contribution in [2.24, 2.45) is 0 Å². The zero-order valence-electron chi connectivity index (χ0n) is 11.6. The molecule has 0 saturated carbocycles. The molecule has 1 heterocycles. The predicted molar refractivity (Wildman–Crippen MR) is 79.0 cm³/mol. The van der Waals surface area contributed by atoms with Gasteiger partial charge in [-0.1, -0.05) is 43.3 Å². The van der Waals surface area contributed by atoms with E-state index in [4.69, 9.17) is 0 Å². The molecular weight excluding hydrogens is 250 g/mol. The minimum absolute atomic E-state index is 0.106. The van der Waals surface area contributed by atoms with E-state index in [1.807, 2.05) is 61.0 Å². The second kappa shape index (κ2) is 4.72. The van der Waals surface area contributed by atoms with Crippen molar-refractivity contribution in [2.75, 3.05) is 6.61 Å². The van der Waals surface area contributed by atoms with Crippen molar-refractivity contribution in [1.82, 2.24) is 15.0 Å². The number of aromatic nitrogens is 3. The molecule has 1 N–H and O–H groups in total. The summed E-state index contributed by atoms with van der Waals surface area (Å²) < 4.78 is 1.83. The zero-order chi connectivity index (χ0) is 14.2. The molecule has 1 aromatic heterocycles. The lowest BCUT2D eigenvalue weighted by Gasteiger charge is -2.22. The summed E-state index contributed by atoms with van der Waals surface area (Å²) in [7, 11) is 0. The van der Waals surface area contributed by atoms with E-state index < -0.39 is 0 Å². The number of benzene rings is 2. The van der Waals surface area contributed by atoms with Crippen molar-refractivity contribution < 1.29 is 5.11 Å². The Hall–Kier alpha value is -2.20. The van der Waals surface area contributed by atoms with Crippen LogP contribution in [0.1, 0.15) is 19.4 Å². The maximum Gasteiger partial charge on any atom is 0.113 e. The van der Waals surface area contributed by atoms with Crippen molar-refractivity contribution >= 4 is 11.0 Å². The molecule has 2 aromatic carbocycles. The maximum atomic E-state index is 9.51. The fourth-order valence-electron chi connectivity index (χ4n) is 2.21. The first-order chi connectivity index (χ1) is 9.62. The minimum Gasteiger partial charge on any atom is -0.395 e. The standard InChI is InChI=1S/C16H17N3O/c1-16(2,11-20)12-6-5-7-13(10-12)19-15-9-4-3-8-14(15)17-18-19/h3-10,20H,11H2,1-2H3. The Balaban J connectivity index is 2.13. The summed E-state index contributed by atoms with van der Waals surface area (Å²) in [5.41, 5.74) is 3.62. The molecule has 20 heavy (non-hydrogen) atoms. The molecule has 0 bridgehead atoms. The summed E-state index contributed by atoms with van der Waals surface area (Å²) in [5.74, 6) is 0. The van der Waals surface area contributed by atoms with Gasteiger partial charge in [0.05, 0.1) is 17.8 Å². The fourth-order valence-corrected chi connectivity index (χ4v) is 2.21. The van der Waals surface area contributed by atoms with Gasteiger partial charge >= 0.3 is 0 Å². The summed E-state index contributed by atoms with van der Waals surface area (Å²) >= 11 is 0. The lowest BCUT2D eigenvalue weighted by molar-refractivity contribution is 0.218. The van der Waals surface area contributed by atoms with E-state index in [2.05, 4.69) is 16.4 Å². The van der Waals surface area contributed by atoms with E-state index in [0.717, 1.165) is 22.3 Å². The second-order valence-electron chi connectivity index (χ2n) is 5.58. The molecule has 0 atom stereocenters. The van der Waals surface area contributed by atoms with Crippen LogP contribution in [0.2, 0.25) is 0 Å². The van der Waals surface area contributed by atoms with E-state index >= 15 is 0 Å². The monoisotopic (exact) mass is 267 g/mol. The molecule has 0 aliphatic heterocycles. The molecule has 4 nitrogen and oxygen atoms in total. The van der Waals surface area contributed by atoms with Gasteiger partial charge in [-0.3, -0.25) is 0 Å². The van der Waals surface area contributed by atoms with Crippen LogP contribution in [0.15, 0.2) is 48.5 Å². The minimum atomic E-state index is -0.271. The SMILES string of the molecule is CC(C)(CO)c1cccc(-n2nnc3ccccc32)c1. The highest BCUT2D eigenvalue weighted by Crippen LogP contribution is 2.25. The maximum absolute atomic E-state index is 9.51. The Morgan fingerprint density at radius 3 is 2.70 bits per heavy atom. The summed E-state index contributed by atoms with van der Waals surface area (Å²) in [5, 5.41) is 17.9. The summed E-state index contributed by atoms with van der Waals surface area (Å²) in [6.07, 6.45) is 0. The van der Waals surface area contributed by atoms with Crippen LogP contribution < -0.4 is 0 Å². The van der Waals surface area contributed by atoms with Gasteiger partial charge in [0.1, 0.15) is 5.52 Å². The highest BCUT2D eigenvalue weighted by atomic mass is 16.3. The molecule has 0 fully saturated rings. The van der Waals surface area contributed by atoms with Crippen molar-refractivity contribution in [2.45, 2.75) is 19.3 Å². The lowest BCUT2D eigenvalue weighted by atomic mass is 9.85. The lowest BCUT2D eigenvalue weighted by Crippen LogP contribution is -2.22. The Kier molecular flexibility index (Phi) is 3.03. The van der Waals surface area contributed by atoms with Crippen LogP contribution in [-0.2, 0) is 5.41 Å². The van der Waals surface area contributed by atoms with Gasteiger partial charge in [0.15, 0.2) is 0 Å². The van der Waals surface area contributed by atoms with Crippen LogP contribution in [0.4, 0.5) is 0 Å². The predicted octanol–water partition coefficient (Wildman–Crippen LogP) is 2.69. The summed E-state index contributed by atoms with van der Waals surface area (Å²) in [6, 6.07) is 15.9. The van der Waals surface area contributed by atoms with Gasteiger partial charge in [0.25, 0.3) is 0 Å². The van der Waals surface area contributed by atoms with Gasteiger partial charge < -0.3 is 5.11 Å². The van der Waals surface area contributed by atoms with E-state index in [1.54, 1.807) is 0 Å². The van der Waals surface area contributed by atoms with Crippen LogP contribution >= 0.6 is 0 Å². The summed E-state index contributed by atoms with van der Waals surface area (Å²) in [4.78, 5) is 0. The number of fused-ring (bicyclic) bond motifs is 1. The normalized spacial score (nSPS) is 11.9. The van der Waals surface area contributed by atoms with E-state index in [1.165, 1.54) is 0 Å². The molecule has 3 aromatic rings. The smallest absolute Gasteiger partial charge is 0.113 e. The number of para-hydroxylation sites is 1. The molecule has 0 saturated heterocycles. The largest absolute Gasteiger partial charge is 0.395 e. The third-order valence-electron chi connectivity index (χ3n) is 3.62. The van der Waals surface area contributed by atoms with E-state index in [-0.39, 0.29) is 12.0 Å². The first kappa shape index (κ1) is 12.8. The van der Waals surface area contributed by atoms with Crippen molar-refractivity contribution in [1.29, 1.82) is 0 Å². The number of aliphatic hydroxyl groups excluding tert-OH is 1. The number of nitrogens with zero attached hydrogens (tertiary/aromatic N) is 3. The average molecular weight is 267 g/mol. The number of rotatable bonds is 3. The summed E-state index contributed by atoms with van der Waals surface area (Å²) in [6.45, 7) is 4.14. The third-order valence-corrected chi connectivity index (χ3v) is 3.62. The molecule has 0 radical (unpaired) electrons.